The van der Waals surface area contributed by atoms with Crippen molar-refractivity contribution in [3.63, 3.8) is 0 Å². The standard InChI is InChI=1S/C22H23F3N4O/c23-22(24,25)19-9-5-4-8-18(19)15-28-12-10-17(11-13-28)20-26-21(30)29(27-20)14-16-6-2-1-3-7-16/h1-9,17H,10-15H2,(H,26,27,30). The maximum Gasteiger partial charge on any atom is 0.416 e. The SMILES string of the molecule is O=c1[nH]c(C2CCN(Cc3ccccc3C(F)(F)F)CC2)nn1Cc1ccccc1. The Hall–Kier alpha value is -2.87. The molecule has 0 saturated carbocycles. The first-order valence-corrected chi connectivity index (χ1v) is 9.98. The molecule has 1 aliphatic heterocycles. The lowest BCUT2D eigenvalue weighted by molar-refractivity contribution is -0.138. The van der Waals surface area contributed by atoms with Crippen LogP contribution in [0.2, 0.25) is 0 Å². The van der Waals surface area contributed by atoms with E-state index in [0.29, 0.717) is 31.0 Å². The number of likely N-dealkylation sites (tertiary alicyclic amines) is 1. The second kappa shape index (κ2) is 8.47. The molecule has 0 bridgehead atoms. The molecule has 30 heavy (non-hydrogen) atoms. The summed E-state index contributed by atoms with van der Waals surface area (Å²) in [6, 6.07) is 15.4. The van der Waals surface area contributed by atoms with Crippen molar-refractivity contribution in [2.45, 2.75) is 38.0 Å². The van der Waals surface area contributed by atoms with E-state index < -0.39 is 11.7 Å². The molecule has 1 fully saturated rings. The minimum Gasteiger partial charge on any atom is -0.299 e. The molecule has 158 valence electrons. The number of aromatic nitrogens is 3. The lowest BCUT2D eigenvalue weighted by Crippen LogP contribution is -2.33. The van der Waals surface area contributed by atoms with Gasteiger partial charge in [0.15, 0.2) is 0 Å². The van der Waals surface area contributed by atoms with Gasteiger partial charge in [-0.2, -0.15) is 18.3 Å². The molecule has 0 amide bonds. The van der Waals surface area contributed by atoms with Gasteiger partial charge in [0.2, 0.25) is 0 Å². The van der Waals surface area contributed by atoms with Crippen LogP contribution in [-0.4, -0.2) is 32.8 Å². The third-order valence-electron chi connectivity index (χ3n) is 5.56. The molecular weight excluding hydrogens is 393 g/mol. The Morgan fingerprint density at radius 2 is 1.63 bits per heavy atom. The summed E-state index contributed by atoms with van der Waals surface area (Å²) in [7, 11) is 0. The summed E-state index contributed by atoms with van der Waals surface area (Å²) in [5.74, 6) is 0.759. The Labute approximate surface area is 172 Å². The number of aromatic amines is 1. The van der Waals surface area contributed by atoms with Crippen molar-refractivity contribution in [3.05, 3.63) is 87.6 Å². The monoisotopic (exact) mass is 416 g/mol. The second-order valence-corrected chi connectivity index (χ2v) is 7.66. The van der Waals surface area contributed by atoms with Gasteiger partial charge in [-0.3, -0.25) is 9.88 Å². The van der Waals surface area contributed by atoms with Crippen molar-refractivity contribution in [1.29, 1.82) is 0 Å². The normalized spacial score (nSPS) is 16.1. The zero-order valence-corrected chi connectivity index (χ0v) is 16.4. The highest BCUT2D eigenvalue weighted by Gasteiger charge is 2.33. The number of alkyl halides is 3. The molecule has 1 aliphatic rings. The Balaban J connectivity index is 1.39. The molecule has 1 saturated heterocycles. The molecule has 0 aliphatic carbocycles. The fraction of sp³-hybridized carbons (Fsp3) is 0.364. The minimum absolute atomic E-state index is 0.101. The number of nitrogens with zero attached hydrogens (tertiary/aromatic N) is 3. The first-order chi connectivity index (χ1) is 14.4. The minimum atomic E-state index is -4.35. The number of halogens is 3. The van der Waals surface area contributed by atoms with Crippen LogP contribution in [0.4, 0.5) is 13.2 Å². The average molecular weight is 416 g/mol. The van der Waals surface area contributed by atoms with Gasteiger partial charge in [-0.25, -0.2) is 9.48 Å². The van der Waals surface area contributed by atoms with E-state index in [1.165, 1.54) is 16.8 Å². The van der Waals surface area contributed by atoms with Gasteiger partial charge in [0.25, 0.3) is 0 Å². The van der Waals surface area contributed by atoms with Gasteiger partial charge in [0, 0.05) is 12.5 Å². The van der Waals surface area contributed by atoms with Gasteiger partial charge in [0.05, 0.1) is 12.1 Å². The molecule has 2 aromatic carbocycles. The van der Waals surface area contributed by atoms with Crippen LogP contribution in [-0.2, 0) is 19.3 Å². The molecule has 0 radical (unpaired) electrons. The lowest BCUT2D eigenvalue weighted by atomic mass is 9.95. The third kappa shape index (κ3) is 4.64. The van der Waals surface area contributed by atoms with Crippen molar-refractivity contribution in [3.8, 4) is 0 Å². The van der Waals surface area contributed by atoms with Crippen LogP contribution in [0.1, 0.15) is 41.3 Å². The maximum absolute atomic E-state index is 13.2. The summed E-state index contributed by atoms with van der Waals surface area (Å²) < 4.78 is 41.1. The topological polar surface area (TPSA) is 53.9 Å². The lowest BCUT2D eigenvalue weighted by Gasteiger charge is -2.31. The Kier molecular flexibility index (Phi) is 5.76. The molecule has 0 unspecified atom stereocenters. The number of hydrogen-bond acceptors (Lipinski definition) is 3. The molecular formula is C22H23F3N4O. The number of piperidine rings is 1. The number of rotatable bonds is 5. The molecule has 5 nitrogen and oxygen atoms in total. The molecule has 1 aromatic heterocycles. The van der Waals surface area contributed by atoms with Crippen LogP contribution < -0.4 is 5.69 Å². The zero-order chi connectivity index (χ0) is 21.1. The summed E-state index contributed by atoms with van der Waals surface area (Å²) in [5.41, 5.74) is 0.478. The predicted octanol–water partition coefficient (Wildman–Crippen LogP) is 4.02. The molecule has 0 atom stereocenters. The van der Waals surface area contributed by atoms with Crippen LogP contribution in [0, 0.1) is 0 Å². The van der Waals surface area contributed by atoms with Gasteiger partial charge < -0.3 is 0 Å². The Bertz CT molecular complexity index is 1030. The van der Waals surface area contributed by atoms with Gasteiger partial charge in [-0.05, 0) is 43.1 Å². The summed E-state index contributed by atoms with van der Waals surface area (Å²) in [5, 5.41) is 4.47. The highest BCUT2D eigenvalue weighted by atomic mass is 19.4. The van der Waals surface area contributed by atoms with Crippen molar-refractivity contribution in [1.82, 2.24) is 19.7 Å². The highest BCUT2D eigenvalue weighted by molar-refractivity contribution is 5.29. The largest absolute Gasteiger partial charge is 0.416 e. The number of H-pyrrole nitrogens is 1. The first kappa shape index (κ1) is 20.4. The van der Waals surface area contributed by atoms with E-state index in [4.69, 9.17) is 0 Å². The van der Waals surface area contributed by atoms with Crippen LogP contribution in [0.3, 0.4) is 0 Å². The average Bonchev–Trinajstić information content (AvgIpc) is 3.09. The molecule has 3 aromatic rings. The van der Waals surface area contributed by atoms with Crippen molar-refractivity contribution < 1.29 is 13.2 Å². The second-order valence-electron chi connectivity index (χ2n) is 7.66. The van der Waals surface area contributed by atoms with Crippen LogP contribution >= 0.6 is 0 Å². The van der Waals surface area contributed by atoms with Gasteiger partial charge in [-0.15, -0.1) is 0 Å². The van der Waals surface area contributed by atoms with E-state index in [0.717, 1.165) is 24.5 Å². The summed E-state index contributed by atoms with van der Waals surface area (Å²) >= 11 is 0. The molecule has 4 rings (SSSR count). The van der Waals surface area contributed by atoms with Gasteiger partial charge >= 0.3 is 11.9 Å². The first-order valence-electron chi connectivity index (χ1n) is 9.98. The van der Waals surface area contributed by atoms with E-state index in [1.54, 1.807) is 6.07 Å². The predicted molar refractivity (Wildman–Crippen MR) is 107 cm³/mol. The van der Waals surface area contributed by atoms with E-state index in [2.05, 4.69) is 10.1 Å². The smallest absolute Gasteiger partial charge is 0.299 e. The van der Waals surface area contributed by atoms with Crippen LogP contribution in [0.5, 0.6) is 0 Å². The van der Waals surface area contributed by atoms with E-state index in [-0.39, 0.29) is 18.2 Å². The summed E-state index contributed by atoms with van der Waals surface area (Å²) in [6.07, 6.45) is -2.86. The van der Waals surface area contributed by atoms with Crippen LogP contribution in [0.15, 0.2) is 59.4 Å². The summed E-state index contributed by atoms with van der Waals surface area (Å²) in [6.45, 7) is 1.99. The quantitative estimate of drug-likeness (QED) is 0.684. The molecule has 1 N–H and O–H groups in total. The number of hydrogen-bond donors (Lipinski definition) is 1. The van der Waals surface area contributed by atoms with E-state index in [1.807, 2.05) is 35.2 Å². The molecule has 2 heterocycles. The summed E-state index contributed by atoms with van der Waals surface area (Å²) in [4.78, 5) is 17.1. The van der Waals surface area contributed by atoms with Gasteiger partial charge in [0.1, 0.15) is 5.82 Å². The molecule has 8 heteroatoms. The van der Waals surface area contributed by atoms with Crippen molar-refractivity contribution in [2.75, 3.05) is 13.1 Å². The Morgan fingerprint density at radius 3 is 2.33 bits per heavy atom. The maximum atomic E-state index is 13.2. The molecule has 0 spiro atoms. The fourth-order valence-electron chi connectivity index (χ4n) is 3.96. The van der Waals surface area contributed by atoms with E-state index >= 15 is 0 Å². The van der Waals surface area contributed by atoms with Crippen LogP contribution in [0.25, 0.3) is 0 Å². The third-order valence-corrected chi connectivity index (χ3v) is 5.56. The fourth-order valence-corrected chi connectivity index (χ4v) is 3.96. The highest BCUT2D eigenvalue weighted by Crippen LogP contribution is 2.33. The van der Waals surface area contributed by atoms with Crippen molar-refractivity contribution >= 4 is 0 Å². The number of nitrogens with one attached hydrogen (secondary N) is 1. The Morgan fingerprint density at radius 1 is 0.967 bits per heavy atom. The van der Waals surface area contributed by atoms with E-state index in [9.17, 15) is 18.0 Å². The zero-order valence-electron chi connectivity index (χ0n) is 16.4. The van der Waals surface area contributed by atoms with Crippen molar-refractivity contribution in [2.24, 2.45) is 0 Å². The van der Waals surface area contributed by atoms with Gasteiger partial charge in [-0.1, -0.05) is 48.5 Å². The number of benzene rings is 2.